The molecule has 1 aliphatic rings. The Kier molecular flexibility index (Phi) is 5.00. The van der Waals surface area contributed by atoms with Crippen molar-refractivity contribution in [3.8, 4) is 0 Å². The fourth-order valence-corrected chi connectivity index (χ4v) is 3.02. The van der Waals surface area contributed by atoms with Crippen molar-refractivity contribution in [2.75, 3.05) is 5.75 Å². The maximum absolute atomic E-state index is 13.5. The number of carboxylic acids is 1. The summed E-state index contributed by atoms with van der Waals surface area (Å²) in [5, 5.41) is 11.8. The highest BCUT2D eigenvalue weighted by molar-refractivity contribution is 8.00. The largest absolute Gasteiger partial charge is 0.478 e. The third kappa shape index (κ3) is 3.96. The van der Waals surface area contributed by atoms with Crippen LogP contribution < -0.4 is 5.32 Å². The predicted octanol–water partition coefficient (Wildman–Crippen LogP) is 2.67. The van der Waals surface area contributed by atoms with Crippen molar-refractivity contribution in [3.63, 3.8) is 0 Å². The molecular formula is C14H16FNO3S. The quantitative estimate of drug-likeness (QED) is 0.820. The Morgan fingerprint density at radius 3 is 2.70 bits per heavy atom. The van der Waals surface area contributed by atoms with Crippen LogP contribution in [-0.2, 0) is 4.79 Å². The average molecular weight is 297 g/mol. The summed E-state index contributed by atoms with van der Waals surface area (Å²) in [7, 11) is 0. The van der Waals surface area contributed by atoms with Crippen LogP contribution in [0.1, 0.15) is 36.0 Å². The second-order valence-electron chi connectivity index (χ2n) is 4.79. The lowest BCUT2D eigenvalue weighted by Gasteiger charge is -2.11. The Labute approximate surface area is 120 Å². The molecule has 4 nitrogen and oxygen atoms in total. The number of amides is 1. The van der Waals surface area contributed by atoms with Crippen LogP contribution in [0, 0.1) is 5.82 Å². The Bertz CT molecular complexity index is 515. The van der Waals surface area contributed by atoms with Crippen molar-refractivity contribution in [1.82, 2.24) is 5.32 Å². The molecule has 0 heterocycles. The van der Waals surface area contributed by atoms with E-state index in [0.29, 0.717) is 0 Å². The molecule has 0 saturated heterocycles. The minimum Gasteiger partial charge on any atom is -0.478 e. The fraction of sp³-hybridized carbons (Fsp3) is 0.429. The number of carboxylic acid groups (broad SMARTS) is 1. The summed E-state index contributed by atoms with van der Waals surface area (Å²) in [6.07, 6.45) is 4.26. The van der Waals surface area contributed by atoms with Crippen LogP contribution in [0.4, 0.5) is 4.39 Å². The highest BCUT2D eigenvalue weighted by Gasteiger charge is 2.17. The molecule has 0 unspecified atom stereocenters. The van der Waals surface area contributed by atoms with Crippen LogP contribution in [0.15, 0.2) is 23.1 Å². The standard InChI is InChI=1S/C14H16FNO3S/c15-11-6-5-9(14(18)19)7-12(11)20-8-13(17)16-10-3-1-2-4-10/h5-7,10H,1-4,8H2,(H,16,17)(H,18,19). The van der Waals surface area contributed by atoms with Gasteiger partial charge in [-0.3, -0.25) is 4.79 Å². The number of nitrogens with one attached hydrogen (secondary N) is 1. The van der Waals surface area contributed by atoms with Gasteiger partial charge in [0, 0.05) is 10.9 Å². The molecule has 1 fully saturated rings. The van der Waals surface area contributed by atoms with Crippen LogP contribution in [0.2, 0.25) is 0 Å². The van der Waals surface area contributed by atoms with Gasteiger partial charge in [-0.05, 0) is 31.0 Å². The van der Waals surface area contributed by atoms with Crippen molar-refractivity contribution in [1.29, 1.82) is 0 Å². The Morgan fingerprint density at radius 1 is 1.35 bits per heavy atom. The lowest BCUT2D eigenvalue weighted by molar-refractivity contribution is -0.119. The first-order chi connectivity index (χ1) is 9.56. The van der Waals surface area contributed by atoms with Gasteiger partial charge in [-0.25, -0.2) is 9.18 Å². The van der Waals surface area contributed by atoms with Gasteiger partial charge >= 0.3 is 5.97 Å². The zero-order chi connectivity index (χ0) is 14.5. The van der Waals surface area contributed by atoms with Crippen LogP contribution >= 0.6 is 11.8 Å². The van der Waals surface area contributed by atoms with Crippen molar-refractivity contribution < 1.29 is 19.1 Å². The minimum absolute atomic E-state index is 0.0186. The summed E-state index contributed by atoms with van der Waals surface area (Å²) in [6.45, 7) is 0. The first kappa shape index (κ1) is 14.8. The topological polar surface area (TPSA) is 66.4 Å². The Morgan fingerprint density at radius 2 is 2.05 bits per heavy atom. The number of carbonyl (C=O) groups is 2. The van der Waals surface area contributed by atoms with Crippen LogP contribution in [-0.4, -0.2) is 28.8 Å². The summed E-state index contributed by atoms with van der Waals surface area (Å²) in [5.74, 6) is -1.66. The molecule has 0 aliphatic heterocycles. The van der Waals surface area contributed by atoms with Crippen LogP contribution in [0.5, 0.6) is 0 Å². The van der Waals surface area contributed by atoms with Gasteiger partial charge in [-0.1, -0.05) is 12.8 Å². The maximum atomic E-state index is 13.5. The van der Waals surface area contributed by atoms with E-state index in [1.54, 1.807) is 0 Å². The van der Waals surface area contributed by atoms with Crippen molar-refractivity contribution in [2.24, 2.45) is 0 Å². The molecule has 0 atom stereocenters. The van der Waals surface area contributed by atoms with E-state index in [9.17, 15) is 14.0 Å². The Hall–Kier alpha value is -1.56. The number of halogens is 1. The smallest absolute Gasteiger partial charge is 0.335 e. The number of hydrogen-bond donors (Lipinski definition) is 2. The van der Waals surface area contributed by atoms with Crippen molar-refractivity contribution >= 4 is 23.6 Å². The molecule has 0 spiro atoms. The fourth-order valence-electron chi connectivity index (χ4n) is 2.23. The van der Waals surface area contributed by atoms with Crippen LogP contribution in [0.3, 0.4) is 0 Å². The Balaban J connectivity index is 1.90. The summed E-state index contributed by atoms with van der Waals surface area (Å²) in [5.41, 5.74) is 0.0186. The van der Waals surface area contributed by atoms with Crippen LogP contribution in [0.25, 0.3) is 0 Å². The van der Waals surface area contributed by atoms with E-state index in [4.69, 9.17) is 5.11 Å². The number of aromatic carboxylic acids is 1. The van der Waals surface area contributed by atoms with Gasteiger partial charge in [0.2, 0.25) is 5.91 Å². The second-order valence-corrected chi connectivity index (χ2v) is 5.81. The molecule has 0 bridgehead atoms. The van der Waals surface area contributed by atoms with E-state index in [0.717, 1.165) is 43.5 Å². The molecule has 1 amide bonds. The summed E-state index contributed by atoms with van der Waals surface area (Å²) >= 11 is 1.02. The van der Waals surface area contributed by atoms with Gasteiger partial charge < -0.3 is 10.4 Å². The number of carbonyl (C=O) groups excluding carboxylic acids is 1. The zero-order valence-corrected chi connectivity index (χ0v) is 11.7. The first-order valence-corrected chi connectivity index (χ1v) is 7.50. The molecule has 0 aromatic heterocycles. The van der Waals surface area contributed by atoms with Gasteiger partial charge in [0.05, 0.1) is 11.3 Å². The molecule has 2 N–H and O–H groups in total. The van der Waals surface area contributed by atoms with Crippen molar-refractivity contribution in [3.05, 3.63) is 29.6 Å². The van der Waals surface area contributed by atoms with E-state index in [1.807, 2.05) is 0 Å². The summed E-state index contributed by atoms with van der Waals surface area (Å²) in [6, 6.07) is 3.81. The van der Waals surface area contributed by atoms with Gasteiger partial charge in [0.25, 0.3) is 0 Å². The summed E-state index contributed by atoms with van der Waals surface area (Å²) < 4.78 is 13.5. The van der Waals surface area contributed by atoms with Gasteiger partial charge in [0.1, 0.15) is 5.82 Å². The molecule has 1 aliphatic carbocycles. The third-order valence-electron chi connectivity index (χ3n) is 3.26. The molecule has 2 rings (SSSR count). The average Bonchev–Trinajstić information content (AvgIpc) is 2.90. The molecule has 6 heteroatoms. The number of thioether (sulfide) groups is 1. The van der Waals surface area contributed by atoms with Gasteiger partial charge in [0.15, 0.2) is 0 Å². The van der Waals surface area contributed by atoms with E-state index >= 15 is 0 Å². The zero-order valence-electron chi connectivity index (χ0n) is 10.9. The normalized spacial score (nSPS) is 15.2. The SMILES string of the molecule is O=C(CSc1cc(C(=O)O)ccc1F)NC1CCCC1. The van der Waals surface area contributed by atoms with Gasteiger partial charge in [-0.2, -0.15) is 0 Å². The number of benzene rings is 1. The summed E-state index contributed by atoms with van der Waals surface area (Å²) in [4.78, 5) is 22.7. The van der Waals surface area contributed by atoms with E-state index in [-0.39, 0.29) is 28.2 Å². The highest BCUT2D eigenvalue weighted by Crippen LogP contribution is 2.23. The molecular weight excluding hydrogens is 281 g/mol. The van der Waals surface area contributed by atoms with E-state index < -0.39 is 11.8 Å². The van der Waals surface area contributed by atoms with Crippen molar-refractivity contribution in [2.45, 2.75) is 36.6 Å². The minimum atomic E-state index is -1.11. The van der Waals surface area contributed by atoms with E-state index in [1.165, 1.54) is 12.1 Å². The monoisotopic (exact) mass is 297 g/mol. The second kappa shape index (κ2) is 6.74. The lowest BCUT2D eigenvalue weighted by Crippen LogP contribution is -2.33. The number of hydrogen-bond acceptors (Lipinski definition) is 3. The third-order valence-corrected chi connectivity index (χ3v) is 4.29. The molecule has 1 aromatic carbocycles. The molecule has 0 radical (unpaired) electrons. The van der Waals surface area contributed by atoms with Gasteiger partial charge in [-0.15, -0.1) is 11.8 Å². The molecule has 20 heavy (non-hydrogen) atoms. The predicted molar refractivity (Wildman–Crippen MR) is 74.5 cm³/mol. The van der Waals surface area contributed by atoms with E-state index in [2.05, 4.69) is 5.32 Å². The number of rotatable bonds is 5. The highest BCUT2D eigenvalue weighted by atomic mass is 32.2. The molecule has 1 saturated carbocycles. The maximum Gasteiger partial charge on any atom is 0.335 e. The molecule has 108 valence electrons. The lowest BCUT2D eigenvalue weighted by atomic mass is 10.2. The molecule has 1 aromatic rings. The first-order valence-electron chi connectivity index (χ1n) is 6.51.